The lowest BCUT2D eigenvalue weighted by Crippen LogP contribution is -2.45. The van der Waals surface area contributed by atoms with E-state index in [9.17, 15) is 4.55 Å². The SMILES string of the molecule is CCN(CC)CCSc1ncnc2c(N3CC[S+]([O-])CC3)nc(N3CCNCC3)nc12. The van der Waals surface area contributed by atoms with Crippen molar-refractivity contribution < 1.29 is 4.55 Å². The van der Waals surface area contributed by atoms with Gasteiger partial charge in [0.05, 0.1) is 13.1 Å². The highest BCUT2D eigenvalue weighted by Crippen LogP contribution is 2.31. The molecule has 4 rings (SSSR count). The minimum atomic E-state index is -0.739. The maximum absolute atomic E-state index is 11.9. The smallest absolute Gasteiger partial charge is 0.228 e. The van der Waals surface area contributed by atoms with Crippen LogP contribution >= 0.6 is 11.8 Å². The highest BCUT2D eigenvalue weighted by molar-refractivity contribution is 7.99. The van der Waals surface area contributed by atoms with E-state index in [0.29, 0.717) is 11.5 Å². The van der Waals surface area contributed by atoms with Crippen LogP contribution in [0.25, 0.3) is 11.0 Å². The lowest BCUT2D eigenvalue weighted by molar-refractivity contribution is 0.324. The van der Waals surface area contributed by atoms with E-state index in [1.807, 2.05) is 0 Å². The predicted molar refractivity (Wildman–Crippen MR) is 129 cm³/mol. The quantitative estimate of drug-likeness (QED) is 0.344. The maximum Gasteiger partial charge on any atom is 0.228 e. The monoisotopic (exact) mass is 464 g/mol. The number of hydrogen-bond acceptors (Lipinski definition) is 10. The topological polar surface area (TPSA) is 96.4 Å². The van der Waals surface area contributed by atoms with Gasteiger partial charge >= 0.3 is 0 Å². The summed E-state index contributed by atoms with van der Waals surface area (Å²) in [5.74, 6) is 3.90. The molecule has 1 N–H and O–H groups in total. The molecular weight excluding hydrogens is 432 g/mol. The van der Waals surface area contributed by atoms with Gasteiger partial charge in [-0.3, -0.25) is 0 Å². The number of thioether (sulfide) groups is 1. The molecule has 31 heavy (non-hydrogen) atoms. The number of nitrogens with one attached hydrogen (secondary N) is 1. The molecule has 0 aromatic carbocycles. The van der Waals surface area contributed by atoms with Crippen LogP contribution in [-0.4, -0.2) is 106 Å². The Morgan fingerprint density at radius 2 is 1.77 bits per heavy atom. The highest BCUT2D eigenvalue weighted by Gasteiger charge is 2.26. The van der Waals surface area contributed by atoms with Gasteiger partial charge < -0.3 is 24.6 Å². The van der Waals surface area contributed by atoms with Crippen LogP contribution in [0.2, 0.25) is 0 Å². The molecule has 0 amide bonds. The van der Waals surface area contributed by atoms with Crippen LogP contribution in [-0.2, 0) is 11.2 Å². The van der Waals surface area contributed by atoms with Crippen LogP contribution < -0.4 is 15.1 Å². The summed E-state index contributed by atoms with van der Waals surface area (Å²) in [6.45, 7) is 12.6. The third-order valence-corrected chi connectivity index (χ3v) is 8.07. The number of rotatable bonds is 8. The van der Waals surface area contributed by atoms with E-state index in [1.54, 1.807) is 18.1 Å². The van der Waals surface area contributed by atoms with Gasteiger partial charge in [-0.05, 0) is 13.1 Å². The van der Waals surface area contributed by atoms with Crippen LogP contribution in [0.3, 0.4) is 0 Å². The Morgan fingerprint density at radius 1 is 1.03 bits per heavy atom. The minimum absolute atomic E-state index is 0.672. The molecule has 11 heteroatoms. The fourth-order valence-electron chi connectivity index (χ4n) is 3.89. The molecule has 0 radical (unpaired) electrons. The molecular formula is C20H32N8OS2. The molecule has 0 saturated carbocycles. The number of fused-ring (bicyclic) bond motifs is 1. The largest absolute Gasteiger partial charge is 0.616 e. The van der Waals surface area contributed by atoms with Gasteiger partial charge in [0.1, 0.15) is 33.9 Å². The Hall–Kier alpha value is -1.40. The second kappa shape index (κ2) is 11.0. The first kappa shape index (κ1) is 22.8. The Morgan fingerprint density at radius 3 is 2.48 bits per heavy atom. The van der Waals surface area contributed by atoms with E-state index in [0.717, 1.165) is 92.5 Å². The van der Waals surface area contributed by atoms with E-state index >= 15 is 0 Å². The van der Waals surface area contributed by atoms with Gasteiger partial charge in [-0.1, -0.05) is 25.0 Å². The summed E-state index contributed by atoms with van der Waals surface area (Å²) in [5, 5.41) is 4.31. The summed E-state index contributed by atoms with van der Waals surface area (Å²) >= 11 is 1.00. The van der Waals surface area contributed by atoms with Crippen molar-refractivity contribution in [2.24, 2.45) is 0 Å². The maximum atomic E-state index is 11.9. The van der Waals surface area contributed by atoms with Crippen molar-refractivity contribution in [3.63, 3.8) is 0 Å². The van der Waals surface area contributed by atoms with Crippen molar-refractivity contribution in [2.45, 2.75) is 18.9 Å². The van der Waals surface area contributed by atoms with Gasteiger partial charge in [0.15, 0.2) is 5.82 Å². The van der Waals surface area contributed by atoms with Crippen molar-refractivity contribution in [3.8, 4) is 0 Å². The average molecular weight is 465 g/mol. The zero-order valence-electron chi connectivity index (χ0n) is 18.4. The standard InChI is InChI=1S/C20H32N8OS2/c1-3-26(4-2)9-12-30-19-17-16(22-15-23-19)18(27-10-13-31(29)14-11-27)25-20(24-17)28-7-5-21-6-8-28/h15,21H,3-14H2,1-2H3. The van der Waals surface area contributed by atoms with Crippen LogP contribution in [0.5, 0.6) is 0 Å². The second-order valence-electron chi connectivity index (χ2n) is 7.67. The summed E-state index contributed by atoms with van der Waals surface area (Å²) in [6.07, 6.45) is 1.63. The molecule has 170 valence electrons. The molecule has 2 fully saturated rings. The van der Waals surface area contributed by atoms with E-state index in [-0.39, 0.29) is 0 Å². The van der Waals surface area contributed by atoms with Crippen molar-refractivity contribution >= 4 is 45.7 Å². The number of aromatic nitrogens is 4. The van der Waals surface area contributed by atoms with E-state index in [1.165, 1.54) is 0 Å². The summed E-state index contributed by atoms with van der Waals surface area (Å²) in [4.78, 5) is 25.9. The van der Waals surface area contributed by atoms with Crippen molar-refractivity contribution in [1.29, 1.82) is 0 Å². The molecule has 2 saturated heterocycles. The van der Waals surface area contributed by atoms with Gasteiger partial charge in [0, 0.05) is 38.5 Å². The Balaban J connectivity index is 1.67. The number of anilines is 2. The van der Waals surface area contributed by atoms with E-state index in [4.69, 9.17) is 9.97 Å². The normalized spacial score (nSPS) is 18.3. The predicted octanol–water partition coefficient (Wildman–Crippen LogP) is 0.832. The molecule has 2 aromatic rings. The van der Waals surface area contributed by atoms with Crippen molar-refractivity contribution in [2.75, 3.05) is 86.0 Å². The minimum Gasteiger partial charge on any atom is -0.616 e. The Labute approximate surface area is 191 Å². The van der Waals surface area contributed by atoms with Crippen LogP contribution in [0.4, 0.5) is 11.8 Å². The van der Waals surface area contributed by atoms with Gasteiger partial charge in [-0.25, -0.2) is 15.0 Å². The van der Waals surface area contributed by atoms with Gasteiger partial charge in [0.25, 0.3) is 0 Å². The molecule has 9 nitrogen and oxygen atoms in total. The Bertz CT molecular complexity index is 854. The average Bonchev–Trinajstić information content (AvgIpc) is 2.82. The number of piperazine rings is 1. The number of hydrogen-bond donors (Lipinski definition) is 1. The molecule has 0 spiro atoms. The van der Waals surface area contributed by atoms with Crippen LogP contribution in [0, 0.1) is 0 Å². The summed E-state index contributed by atoms with van der Waals surface area (Å²) in [5.41, 5.74) is 1.63. The van der Waals surface area contributed by atoms with Gasteiger partial charge in [-0.15, -0.1) is 11.8 Å². The van der Waals surface area contributed by atoms with Crippen molar-refractivity contribution in [1.82, 2.24) is 30.2 Å². The summed E-state index contributed by atoms with van der Waals surface area (Å²) in [6, 6.07) is 0. The van der Waals surface area contributed by atoms with Crippen LogP contribution in [0.15, 0.2) is 11.4 Å². The molecule has 2 aliphatic heterocycles. The zero-order valence-corrected chi connectivity index (χ0v) is 20.1. The van der Waals surface area contributed by atoms with Gasteiger partial charge in [-0.2, -0.15) is 4.98 Å². The second-order valence-corrected chi connectivity index (χ2v) is 10.5. The van der Waals surface area contributed by atoms with E-state index in [2.05, 4.69) is 43.8 Å². The Kier molecular flexibility index (Phi) is 8.05. The molecule has 2 aliphatic rings. The molecule has 0 aliphatic carbocycles. The first-order valence-electron chi connectivity index (χ1n) is 11.1. The van der Waals surface area contributed by atoms with Gasteiger partial charge in [0.2, 0.25) is 5.95 Å². The fraction of sp³-hybridized carbons (Fsp3) is 0.700. The molecule has 0 bridgehead atoms. The molecule has 0 atom stereocenters. The van der Waals surface area contributed by atoms with Crippen molar-refractivity contribution in [3.05, 3.63) is 6.33 Å². The molecule has 4 heterocycles. The summed E-state index contributed by atoms with van der Waals surface area (Å²) in [7, 11) is 0. The zero-order chi connectivity index (χ0) is 21.6. The highest BCUT2D eigenvalue weighted by atomic mass is 32.2. The first-order chi connectivity index (χ1) is 15.2. The molecule has 2 aromatic heterocycles. The number of nitrogens with zero attached hydrogens (tertiary/aromatic N) is 7. The third kappa shape index (κ3) is 5.51. The fourth-order valence-corrected chi connectivity index (χ4v) is 5.89. The van der Waals surface area contributed by atoms with E-state index < -0.39 is 11.2 Å². The lowest BCUT2D eigenvalue weighted by atomic mass is 10.3. The summed E-state index contributed by atoms with van der Waals surface area (Å²) < 4.78 is 11.9. The lowest BCUT2D eigenvalue weighted by Gasteiger charge is -2.31. The van der Waals surface area contributed by atoms with Crippen LogP contribution in [0.1, 0.15) is 13.8 Å². The third-order valence-electron chi connectivity index (χ3n) is 5.84. The molecule has 0 unspecified atom stereocenters. The first-order valence-corrected chi connectivity index (χ1v) is 13.6.